The molecule has 13 heavy (non-hydrogen) atoms. The summed E-state index contributed by atoms with van der Waals surface area (Å²) in [5, 5.41) is 8.51. The molecule has 2 aromatic rings. The topological polar surface area (TPSA) is 40.1 Å². The molecule has 0 aliphatic heterocycles. The molecule has 0 saturated heterocycles. The maximum Gasteiger partial charge on any atom is 0.139 e. The highest BCUT2D eigenvalue weighted by atomic mass is 15.0. The van der Waals surface area contributed by atoms with E-state index < -0.39 is 0 Å². The standard InChI is InChI=1S/C10H8N3/c1-13-9-5-3-2-4-8(9)12-10(13)6-7-11/h2-6H,1H3/q-1. The minimum Gasteiger partial charge on any atom is -0.763 e. The minimum atomic E-state index is 0.698. The van der Waals surface area contributed by atoms with Gasteiger partial charge in [-0.2, -0.15) is 0 Å². The maximum atomic E-state index is 8.51. The summed E-state index contributed by atoms with van der Waals surface area (Å²) in [5.41, 5.74) is 1.97. The van der Waals surface area contributed by atoms with Crippen molar-refractivity contribution in [2.75, 3.05) is 0 Å². The zero-order valence-electron chi connectivity index (χ0n) is 7.23. The normalized spacial score (nSPS) is 9.92. The van der Waals surface area contributed by atoms with Gasteiger partial charge in [0.05, 0.1) is 11.0 Å². The van der Waals surface area contributed by atoms with Crippen molar-refractivity contribution < 1.29 is 0 Å². The van der Waals surface area contributed by atoms with Crippen molar-refractivity contribution >= 4 is 23.0 Å². The number of benzene rings is 1. The molecule has 0 unspecified atom stereocenters. The van der Waals surface area contributed by atoms with E-state index in [1.807, 2.05) is 41.8 Å². The monoisotopic (exact) mass is 170 g/mol. The molecule has 0 spiro atoms. The molecular formula is C10H8N3-. The van der Waals surface area contributed by atoms with E-state index in [1.165, 1.54) is 6.08 Å². The van der Waals surface area contributed by atoms with Gasteiger partial charge in [0, 0.05) is 7.05 Å². The predicted octanol–water partition coefficient (Wildman–Crippen LogP) is 1.83. The fourth-order valence-corrected chi connectivity index (χ4v) is 1.35. The summed E-state index contributed by atoms with van der Waals surface area (Å²) in [6, 6.07) is 7.81. The van der Waals surface area contributed by atoms with Crippen molar-refractivity contribution in [1.82, 2.24) is 9.55 Å². The molecule has 3 heteroatoms. The smallest absolute Gasteiger partial charge is 0.139 e. The Balaban J connectivity index is 2.80. The van der Waals surface area contributed by atoms with Crippen LogP contribution in [-0.4, -0.2) is 15.4 Å². The first-order valence-electron chi connectivity index (χ1n) is 3.97. The lowest BCUT2D eigenvalue weighted by Gasteiger charge is -1.94. The number of imidazole rings is 1. The van der Waals surface area contributed by atoms with E-state index in [-0.39, 0.29) is 0 Å². The van der Waals surface area contributed by atoms with Crippen LogP contribution in [0.25, 0.3) is 22.5 Å². The van der Waals surface area contributed by atoms with Crippen LogP contribution in [0, 0.1) is 0 Å². The van der Waals surface area contributed by atoms with Crippen LogP contribution in [0.1, 0.15) is 5.82 Å². The average molecular weight is 170 g/mol. The minimum absolute atomic E-state index is 0.698. The number of para-hydroxylation sites is 2. The molecule has 0 N–H and O–H groups in total. The van der Waals surface area contributed by atoms with Crippen molar-refractivity contribution in [3.63, 3.8) is 0 Å². The van der Waals surface area contributed by atoms with Crippen LogP contribution >= 0.6 is 0 Å². The molecule has 1 heterocycles. The van der Waals surface area contributed by atoms with E-state index in [9.17, 15) is 0 Å². The largest absolute Gasteiger partial charge is 0.763 e. The lowest BCUT2D eigenvalue weighted by Crippen LogP contribution is -1.90. The van der Waals surface area contributed by atoms with E-state index in [1.54, 1.807) is 0 Å². The maximum absolute atomic E-state index is 8.51. The Kier molecular flexibility index (Phi) is 1.72. The third-order valence-electron chi connectivity index (χ3n) is 2.02. The first kappa shape index (κ1) is 7.77. The molecule has 0 aliphatic carbocycles. The molecule has 1 aromatic carbocycles. The number of fused-ring (bicyclic) bond motifs is 1. The second-order valence-electron chi connectivity index (χ2n) is 2.79. The molecule has 3 nitrogen and oxygen atoms in total. The number of hydrogen-bond donors (Lipinski definition) is 0. The van der Waals surface area contributed by atoms with Gasteiger partial charge in [-0.25, -0.2) is 4.98 Å². The Morgan fingerprint density at radius 2 is 2.23 bits per heavy atom. The Hall–Kier alpha value is -1.86. The summed E-state index contributed by atoms with van der Waals surface area (Å²) < 4.78 is 1.90. The number of aromatic nitrogens is 2. The first-order valence-corrected chi connectivity index (χ1v) is 3.97. The van der Waals surface area contributed by atoms with Crippen LogP contribution in [0.4, 0.5) is 0 Å². The van der Waals surface area contributed by atoms with Crippen LogP contribution in [-0.2, 0) is 7.05 Å². The van der Waals surface area contributed by atoms with E-state index in [4.69, 9.17) is 5.41 Å². The fourth-order valence-electron chi connectivity index (χ4n) is 1.35. The highest BCUT2D eigenvalue weighted by Crippen LogP contribution is 2.14. The van der Waals surface area contributed by atoms with Crippen molar-refractivity contribution in [1.29, 1.82) is 0 Å². The highest BCUT2D eigenvalue weighted by molar-refractivity contribution is 5.83. The van der Waals surface area contributed by atoms with E-state index >= 15 is 0 Å². The van der Waals surface area contributed by atoms with E-state index in [0.717, 1.165) is 11.0 Å². The summed E-state index contributed by atoms with van der Waals surface area (Å²) in [6.45, 7) is 0. The summed E-state index contributed by atoms with van der Waals surface area (Å²) >= 11 is 0. The fraction of sp³-hybridized carbons (Fsp3) is 0.100. The zero-order chi connectivity index (χ0) is 9.26. The molecule has 0 atom stereocenters. The molecule has 0 radical (unpaired) electrons. The van der Waals surface area contributed by atoms with Gasteiger partial charge >= 0.3 is 0 Å². The third-order valence-corrected chi connectivity index (χ3v) is 2.02. The van der Waals surface area contributed by atoms with Gasteiger partial charge in [0.25, 0.3) is 0 Å². The number of hydrogen-bond acceptors (Lipinski definition) is 1. The molecule has 0 bridgehead atoms. The van der Waals surface area contributed by atoms with Gasteiger partial charge in [-0.3, -0.25) is 5.87 Å². The summed E-state index contributed by atoms with van der Waals surface area (Å²) in [5.74, 6) is 2.68. The molecule has 0 amide bonds. The molecule has 2 rings (SSSR count). The van der Waals surface area contributed by atoms with Crippen molar-refractivity contribution in [3.8, 4) is 0 Å². The molecule has 64 valence electrons. The molecule has 0 fully saturated rings. The van der Waals surface area contributed by atoms with Gasteiger partial charge in [0.15, 0.2) is 0 Å². The Morgan fingerprint density at radius 3 is 2.92 bits per heavy atom. The summed E-state index contributed by atoms with van der Waals surface area (Å²) in [6.07, 6.45) is 1.44. The van der Waals surface area contributed by atoms with Gasteiger partial charge in [-0.15, -0.1) is 0 Å². The summed E-state index contributed by atoms with van der Waals surface area (Å²) in [7, 11) is 1.90. The van der Waals surface area contributed by atoms with Crippen molar-refractivity contribution in [2.24, 2.45) is 7.05 Å². The van der Waals surface area contributed by atoms with Crippen LogP contribution in [0.15, 0.2) is 24.3 Å². The quantitative estimate of drug-likeness (QED) is 0.602. The average Bonchev–Trinajstić information content (AvgIpc) is 2.46. The second kappa shape index (κ2) is 2.88. The number of rotatable bonds is 1. The second-order valence-corrected chi connectivity index (χ2v) is 2.79. The molecule has 0 saturated carbocycles. The third kappa shape index (κ3) is 1.15. The number of aryl methyl sites for hydroxylation is 1. The van der Waals surface area contributed by atoms with Crippen LogP contribution < -0.4 is 0 Å². The SMILES string of the molecule is Cn1c(C=C=[N-])nc2ccccc21. The molecule has 0 aliphatic rings. The highest BCUT2D eigenvalue weighted by Gasteiger charge is 2.02. The van der Waals surface area contributed by atoms with Crippen LogP contribution in [0.2, 0.25) is 0 Å². The Morgan fingerprint density at radius 1 is 1.46 bits per heavy atom. The van der Waals surface area contributed by atoms with Gasteiger partial charge < -0.3 is 9.98 Å². The van der Waals surface area contributed by atoms with Crippen molar-refractivity contribution in [2.45, 2.75) is 0 Å². The zero-order valence-corrected chi connectivity index (χ0v) is 7.23. The van der Waals surface area contributed by atoms with Gasteiger partial charge in [0.1, 0.15) is 5.82 Å². The lowest BCUT2D eigenvalue weighted by atomic mass is 10.3. The van der Waals surface area contributed by atoms with Crippen LogP contribution in [0.3, 0.4) is 0 Å². The van der Waals surface area contributed by atoms with Crippen molar-refractivity contribution in [3.05, 3.63) is 35.5 Å². The van der Waals surface area contributed by atoms with Crippen LogP contribution in [0.5, 0.6) is 0 Å². The van der Waals surface area contributed by atoms with Gasteiger partial charge in [-0.1, -0.05) is 12.1 Å². The Labute approximate surface area is 75.8 Å². The Bertz CT molecular complexity index is 490. The first-order chi connectivity index (χ1) is 6.33. The van der Waals surface area contributed by atoms with Gasteiger partial charge in [-0.05, 0) is 18.2 Å². The van der Waals surface area contributed by atoms with Gasteiger partial charge in [0.2, 0.25) is 0 Å². The predicted molar refractivity (Wildman–Crippen MR) is 53.5 cm³/mol. The number of nitrogens with zero attached hydrogens (tertiary/aromatic N) is 3. The summed E-state index contributed by atoms with van der Waals surface area (Å²) in [4.78, 5) is 4.29. The molecular weight excluding hydrogens is 162 g/mol. The van der Waals surface area contributed by atoms with E-state index in [2.05, 4.69) is 4.98 Å². The van der Waals surface area contributed by atoms with E-state index in [0.29, 0.717) is 5.82 Å². The lowest BCUT2D eigenvalue weighted by molar-refractivity contribution is 0.931. The molecule has 1 aromatic heterocycles.